The number of pyridine rings is 5. The first-order valence-corrected chi connectivity index (χ1v) is 53.9. The SMILES string of the molecule is CC1CC2CN(C)CC12.CN1C(=O)C2=C(CCCC2)C1=O.CN1CC(N2CCC(C)(F)C2)C1.CN1CC(N2CCCC2=O)C1.CN1CC2CCCCC2C1.CN1CC2CCNC2C1.CN1CCc2ccccc21.CN1CCc2cccnc21.CN1CCc2ccncc21.CN1Cc2cccnc2C1.CN1Cc2cccnc2C1.CN1Cc2ccncc2C1.CN1Cc2nccnc2C1.Cn1cc2c(c1)CCCC2. The van der Waals surface area contributed by atoms with E-state index >= 15 is 0 Å². The van der Waals surface area contributed by atoms with Gasteiger partial charge in [0.05, 0.1) is 40.7 Å². The number of benzene rings is 1. The Morgan fingerprint density at radius 1 is 0.371 bits per heavy atom. The number of anilines is 3. The highest BCUT2D eigenvalue weighted by Crippen LogP contribution is 2.45. The molecule has 20 aliphatic rings. The molecular formula is C115H171FN24O3. The van der Waals surface area contributed by atoms with Gasteiger partial charge >= 0.3 is 0 Å². The van der Waals surface area contributed by atoms with Gasteiger partial charge in [-0.1, -0.05) is 56.2 Å². The van der Waals surface area contributed by atoms with E-state index in [1.807, 2.05) is 66.5 Å². The number of amides is 3. The maximum atomic E-state index is 13.4. The van der Waals surface area contributed by atoms with Gasteiger partial charge in [0.15, 0.2) is 0 Å². The van der Waals surface area contributed by atoms with Crippen LogP contribution in [0.3, 0.4) is 0 Å². The number of para-hydroxylation sites is 1. The summed E-state index contributed by atoms with van der Waals surface area (Å²) in [6, 6.07) is 27.2. The second-order valence-corrected chi connectivity index (χ2v) is 44.9. The Balaban J connectivity index is 0.000000116. The summed E-state index contributed by atoms with van der Waals surface area (Å²) in [6.07, 6.45) is 45.3. The minimum Gasteiger partial charge on any atom is -0.374 e. The lowest BCUT2D eigenvalue weighted by Gasteiger charge is -2.42. The molecule has 8 unspecified atom stereocenters. The van der Waals surface area contributed by atoms with Crippen LogP contribution in [0.2, 0.25) is 0 Å². The van der Waals surface area contributed by atoms with Crippen molar-refractivity contribution in [3.05, 3.63) is 225 Å². The third kappa shape index (κ3) is 30.0. The van der Waals surface area contributed by atoms with Gasteiger partial charge in [0.2, 0.25) is 5.91 Å². The molecule has 10 fully saturated rings. The number of carbonyl (C=O) groups is 3. The molecule has 7 aromatic heterocycles. The zero-order valence-electron chi connectivity index (χ0n) is 89.7. The summed E-state index contributed by atoms with van der Waals surface area (Å²) in [5, 5.41) is 3.51. The van der Waals surface area contributed by atoms with Crippen molar-refractivity contribution >= 4 is 34.9 Å². The molecule has 1 N–H and O–H groups in total. The number of carbonyl (C=O) groups excluding carboxylic acids is 3. The number of nitrogens with zero attached hydrogens (tertiary/aromatic N) is 23. The zero-order chi connectivity index (χ0) is 101. The van der Waals surface area contributed by atoms with Crippen molar-refractivity contribution < 1.29 is 18.8 Å². The minimum absolute atomic E-state index is 0.0744. The summed E-state index contributed by atoms with van der Waals surface area (Å²) >= 11 is 0. The fourth-order valence-electron chi connectivity index (χ4n) is 24.5. The highest BCUT2D eigenvalue weighted by atomic mass is 19.1. The van der Waals surface area contributed by atoms with E-state index in [1.165, 1.54) is 196 Å². The lowest BCUT2D eigenvalue weighted by Crippen LogP contribution is -2.57. The summed E-state index contributed by atoms with van der Waals surface area (Å²) in [7, 11) is 29.3. The van der Waals surface area contributed by atoms with Crippen molar-refractivity contribution in [1.29, 1.82) is 0 Å². The Hall–Kier alpha value is -9.43. The standard InChI is InChI=1S/C9H17FN2.C9H11NO2.C9H17N.C9H13N.C9H11N.C8H14N2O.5C8H10N2.C8H15N.C7H9N3.C7H14N2/c1-9(10)3-4-12(7-9)8-5-11(2)6-8;1-10-8(11)6-4-2-3-5-7(6)9(10)12;2*1-10-6-8-4-2-3-5-9(8)7-10;1-10-7-6-8-4-2-3-5-9(8)10;1-9-5-7(6-9)10-4-2-3-8(10)11;1-10-5-3-7-2-4-9-6-8(7)10;1-10-5-7-2-3-9-4-8(7)6-10;1-10-6-4-7-3-2-5-9-8(7)10;2*1-10-5-7-3-2-4-9-8(7)6-10;1-6-3-7-4-9(2)5-8(6)7;1-10-4-6-7(5-10)9-3-2-8-6;1-9-4-6-2-3-8-7(6)5-9/h8H,3-7H2,1-2H3;2-5H2,1H3;8-9H,2-7H2,1H3;6-7H,2-5H2,1H3;2-5H,6-7H2,1H3;7H,2-6H2,1H3;2,4,6H,3,5H2,1H3;2-4H,5-6H2,1H3;2-3,5H,4,6H2,1H3;2*2-4H,5-6H2,1H3;6-8H,3-5H2,1-2H3;2-3H,4-5H2,1H3;6-8H,2-5H2,1H3. The van der Waals surface area contributed by atoms with Crippen molar-refractivity contribution in [1.82, 2.24) is 104 Å². The van der Waals surface area contributed by atoms with E-state index in [4.69, 9.17) is 0 Å². The number of hydrogen-bond acceptors (Lipinski definition) is 24. The molecule has 28 heteroatoms. The molecule has 16 aliphatic heterocycles. The van der Waals surface area contributed by atoms with Crippen molar-refractivity contribution in [2.75, 3.05) is 218 Å². The Morgan fingerprint density at radius 3 is 1.38 bits per heavy atom. The van der Waals surface area contributed by atoms with Crippen LogP contribution in [0.1, 0.15) is 183 Å². The molecule has 0 radical (unpaired) electrons. The smallest absolute Gasteiger partial charge is 0.256 e. The molecule has 23 heterocycles. The van der Waals surface area contributed by atoms with Gasteiger partial charge in [0.1, 0.15) is 11.5 Å². The van der Waals surface area contributed by atoms with Crippen molar-refractivity contribution in [3.63, 3.8) is 0 Å². The summed E-state index contributed by atoms with van der Waals surface area (Å²) < 4.78 is 15.6. The second kappa shape index (κ2) is 51.8. The minimum atomic E-state index is -0.922. The molecule has 3 amide bonds. The van der Waals surface area contributed by atoms with Crippen molar-refractivity contribution in [2.45, 2.75) is 218 Å². The Labute approximate surface area is 855 Å². The maximum absolute atomic E-state index is 13.4. The van der Waals surface area contributed by atoms with Crippen LogP contribution in [-0.4, -0.2) is 343 Å². The average molecular weight is 1960 g/mol. The first-order chi connectivity index (χ1) is 69.0. The van der Waals surface area contributed by atoms with E-state index in [0.717, 1.165) is 220 Å². The largest absolute Gasteiger partial charge is 0.374 e. The van der Waals surface area contributed by atoms with Gasteiger partial charge in [-0.25, -0.2) is 9.37 Å². The molecule has 1 aromatic carbocycles. The number of likely N-dealkylation sites (tertiary alicyclic amines) is 7. The molecule has 27 nitrogen and oxygen atoms in total. The molecule has 2 saturated carbocycles. The lowest BCUT2D eigenvalue weighted by atomic mass is 9.68. The fraction of sp³-hybridized carbons (Fsp3) is 0.617. The normalized spacial score (nSPS) is 25.6. The molecule has 8 saturated heterocycles. The van der Waals surface area contributed by atoms with Gasteiger partial charge in [-0.3, -0.25) is 73.7 Å². The fourth-order valence-corrected chi connectivity index (χ4v) is 24.5. The number of fused-ring (bicyclic) bond motifs is 11. The molecular weight excluding hydrogens is 1780 g/mol. The molecule has 8 atom stereocenters. The first-order valence-electron chi connectivity index (χ1n) is 53.9. The first kappa shape index (κ1) is 108. The molecule has 28 rings (SSSR count). The topological polar surface area (TPSA) is 207 Å². The van der Waals surface area contributed by atoms with Crippen LogP contribution in [0.5, 0.6) is 0 Å². The number of alkyl halides is 1. The number of likely N-dealkylation sites (N-methyl/N-ethyl adjacent to an activating group) is 7. The van der Waals surface area contributed by atoms with E-state index in [-0.39, 0.29) is 11.8 Å². The highest BCUT2D eigenvalue weighted by molar-refractivity contribution is 6.19. The Morgan fingerprint density at radius 2 is 0.846 bits per heavy atom. The monoisotopic (exact) mass is 1960 g/mol. The van der Waals surface area contributed by atoms with Crippen LogP contribution in [0, 0.1) is 35.5 Å². The Bertz CT molecular complexity index is 4900. The quantitative estimate of drug-likeness (QED) is 0.160. The maximum Gasteiger partial charge on any atom is 0.256 e. The molecule has 776 valence electrons. The number of nitrogens with one attached hydrogen (secondary N) is 1. The van der Waals surface area contributed by atoms with Gasteiger partial charge in [0.25, 0.3) is 11.8 Å². The molecule has 8 aromatic rings. The lowest BCUT2D eigenvalue weighted by molar-refractivity contribution is -0.136. The number of imide groups is 1. The highest BCUT2D eigenvalue weighted by Gasteiger charge is 2.44. The van der Waals surface area contributed by atoms with E-state index in [1.54, 1.807) is 37.5 Å². The van der Waals surface area contributed by atoms with Crippen LogP contribution < -0.4 is 20.0 Å². The summed E-state index contributed by atoms with van der Waals surface area (Å²) in [5.74, 6) is 7.64. The van der Waals surface area contributed by atoms with E-state index in [0.29, 0.717) is 31.0 Å². The van der Waals surface area contributed by atoms with Crippen LogP contribution >= 0.6 is 0 Å². The van der Waals surface area contributed by atoms with Crippen LogP contribution in [-0.2, 0) is 106 Å². The van der Waals surface area contributed by atoms with Gasteiger partial charge in [-0.2, -0.15) is 0 Å². The van der Waals surface area contributed by atoms with Crippen LogP contribution in [0.25, 0.3) is 0 Å². The van der Waals surface area contributed by atoms with Crippen molar-refractivity contribution in [3.8, 4) is 0 Å². The molecule has 0 bridgehead atoms. The Kier molecular flexibility index (Phi) is 39.0. The number of hydrogen-bond donors (Lipinski definition) is 1. The summed E-state index contributed by atoms with van der Waals surface area (Å²) in [4.78, 5) is 96.6. The number of aryl methyl sites for hydroxylation is 3. The van der Waals surface area contributed by atoms with Gasteiger partial charge in [0, 0.05) is 290 Å². The molecule has 143 heavy (non-hydrogen) atoms. The van der Waals surface area contributed by atoms with Gasteiger partial charge in [-0.15, -0.1) is 0 Å². The molecule has 0 spiro atoms. The zero-order valence-corrected chi connectivity index (χ0v) is 89.7. The van der Waals surface area contributed by atoms with Crippen LogP contribution in [0.4, 0.5) is 21.6 Å². The number of rotatable bonds is 2. The third-order valence-electron chi connectivity index (χ3n) is 32.6. The number of halogens is 1. The number of aromatic nitrogens is 8. The molecule has 4 aliphatic carbocycles. The van der Waals surface area contributed by atoms with E-state index < -0.39 is 5.67 Å². The van der Waals surface area contributed by atoms with Crippen LogP contribution in [0.15, 0.2) is 152 Å². The summed E-state index contributed by atoms with van der Waals surface area (Å²) in [5.41, 5.74) is 21.1. The van der Waals surface area contributed by atoms with E-state index in [2.05, 4.69) is 274 Å². The van der Waals surface area contributed by atoms with Gasteiger partial charge < -0.3 is 54.0 Å². The van der Waals surface area contributed by atoms with Gasteiger partial charge in [-0.05, 0) is 308 Å². The van der Waals surface area contributed by atoms with E-state index in [9.17, 15) is 18.8 Å². The van der Waals surface area contributed by atoms with Crippen molar-refractivity contribution in [2.24, 2.45) is 42.6 Å². The average Bonchev–Trinajstić information content (AvgIpc) is 1.64. The second-order valence-electron chi connectivity index (χ2n) is 44.9. The summed E-state index contributed by atoms with van der Waals surface area (Å²) in [6.45, 7) is 32.0. The predicted molar refractivity (Wildman–Crippen MR) is 574 cm³/mol. The predicted octanol–water partition coefficient (Wildman–Crippen LogP) is 13.6. The third-order valence-corrected chi connectivity index (χ3v) is 32.6.